The molecule has 1 fully saturated rings. The van der Waals surface area contributed by atoms with Crippen molar-refractivity contribution in [2.24, 2.45) is 5.41 Å². The Bertz CT molecular complexity index is 668. The number of aromatic amines is 1. The molecule has 1 saturated heterocycles. The van der Waals surface area contributed by atoms with E-state index in [2.05, 4.69) is 19.9 Å². The van der Waals surface area contributed by atoms with Crippen LogP contribution in [0, 0.1) is 5.41 Å². The van der Waals surface area contributed by atoms with Crippen LogP contribution in [0.4, 0.5) is 5.82 Å². The number of hydrogen-bond acceptors (Lipinski definition) is 6. The molecule has 118 valence electrons. The number of H-pyrrole nitrogens is 1. The maximum absolute atomic E-state index is 11.9. The molecule has 0 spiro atoms. The molecule has 22 heavy (non-hydrogen) atoms. The third kappa shape index (κ3) is 2.89. The van der Waals surface area contributed by atoms with Crippen LogP contribution in [0.2, 0.25) is 0 Å². The standard InChI is InChI=1S/C15H21N5O2/c1-15(2,3)14(21)22-20-8-6-19(7-9-20)13-11-4-5-16-12(11)17-10-18-13/h4-5,10H,6-9H2,1-3H3,(H,16,17,18). The van der Waals surface area contributed by atoms with E-state index in [0.717, 1.165) is 29.9 Å². The van der Waals surface area contributed by atoms with E-state index in [1.54, 1.807) is 11.4 Å². The Balaban J connectivity index is 1.65. The number of anilines is 1. The normalized spacial score (nSPS) is 17.0. The number of hydroxylamine groups is 2. The predicted molar refractivity (Wildman–Crippen MR) is 83.2 cm³/mol. The highest BCUT2D eigenvalue weighted by atomic mass is 16.7. The summed E-state index contributed by atoms with van der Waals surface area (Å²) in [6, 6.07) is 1.98. The van der Waals surface area contributed by atoms with Crippen molar-refractivity contribution in [3.63, 3.8) is 0 Å². The number of carbonyl (C=O) groups is 1. The molecule has 0 unspecified atom stereocenters. The first-order chi connectivity index (χ1) is 10.4. The van der Waals surface area contributed by atoms with Crippen molar-refractivity contribution in [2.45, 2.75) is 20.8 Å². The van der Waals surface area contributed by atoms with Gasteiger partial charge in [0.25, 0.3) is 0 Å². The van der Waals surface area contributed by atoms with Gasteiger partial charge in [-0.1, -0.05) is 0 Å². The molecule has 1 N–H and O–H groups in total. The molecule has 0 radical (unpaired) electrons. The van der Waals surface area contributed by atoms with Gasteiger partial charge >= 0.3 is 5.97 Å². The molecule has 0 bridgehead atoms. The van der Waals surface area contributed by atoms with Gasteiger partial charge in [-0.2, -0.15) is 0 Å². The first-order valence-corrected chi connectivity index (χ1v) is 7.45. The fourth-order valence-corrected chi connectivity index (χ4v) is 2.36. The number of piperazine rings is 1. The second-order valence-electron chi connectivity index (χ2n) is 6.48. The molecular weight excluding hydrogens is 282 g/mol. The zero-order valence-corrected chi connectivity index (χ0v) is 13.2. The van der Waals surface area contributed by atoms with Gasteiger partial charge in [-0.15, -0.1) is 5.06 Å². The molecule has 7 heteroatoms. The molecule has 0 saturated carbocycles. The summed E-state index contributed by atoms with van der Waals surface area (Å²) < 4.78 is 0. The highest BCUT2D eigenvalue weighted by molar-refractivity contribution is 5.87. The number of nitrogens with zero attached hydrogens (tertiary/aromatic N) is 4. The zero-order chi connectivity index (χ0) is 15.7. The van der Waals surface area contributed by atoms with Crippen molar-refractivity contribution in [1.82, 2.24) is 20.0 Å². The van der Waals surface area contributed by atoms with E-state index in [0.29, 0.717) is 13.1 Å². The molecule has 3 rings (SSSR count). The second kappa shape index (κ2) is 5.57. The Kier molecular flexibility index (Phi) is 3.74. The van der Waals surface area contributed by atoms with Crippen LogP contribution in [0.25, 0.3) is 11.0 Å². The molecule has 1 aliphatic heterocycles. The van der Waals surface area contributed by atoms with E-state index in [-0.39, 0.29) is 5.97 Å². The summed E-state index contributed by atoms with van der Waals surface area (Å²) in [5.41, 5.74) is 0.354. The van der Waals surface area contributed by atoms with Crippen LogP contribution < -0.4 is 4.90 Å². The van der Waals surface area contributed by atoms with Gasteiger partial charge in [0.15, 0.2) is 0 Å². The van der Waals surface area contributed by atoms with Crippen LogP contribution in [0.1, 0.15) is 20.8 Å². The SMILES string of the molecule is CC(C)(C)C(=O)ON1CCN(c2ncnc3[nH]ccc23)CC1. The highest BCUT2D eigenvalue weighted by Gasteiger charge is 2.28. The fraction of sp³-hybridized carbons (Fsp3) is 0.533. The number of aromatic nitrogens is 3. The Morgan fingerprint density at radius 1 is 1.23 bits per heavy atom. The van der Waals surface area contributed by atoms with Crippen molar-refractivity contribution >= 4 is 22.8 Å². The number of nitrogens with one attached hydrogen (secondary N) is 1. The van der Waals surface area contributed by atoms with Crippen molar-refractivity contribution in [3.8, 4) is 0 Å². The smallest absolute Gasteiger partial charge is 0.330 e. The summed E-state index contributed by atoms with van der Waals surface area (Å²) in [6.45, 7) is 8.41. The maximum Gasteiger partial charge on any atom is 0.330 e. The second-order valence-corrected chi connectivity index (χ2v) is 6.48. The average Bonchev–Trinajstić information content (AvgIpc) is 2.95. The van der Waals surface area contributed by atoms with E-state index in [1.807, 2.05) is 33.0 Å². The Hall–Kier alpha value is -2.15. The fourth-order valence-electron chi connectivity index (χ4n) is 2.36. The number of fused-ring (bicyclic) bond motifs is 1. The summed E-state index contributed by atoms with van der Waals surface area (Å²) in [5.74, 6) is 0.726. The third-order valence-electron chi connectivity index (χ3n) is 3.70. The van der Waals surface area contributed by atoms with Gasteiger partial charge in [0.05, 0.1) is 23.9 Å². The molecule has 2 aromatic heterocycles. The van der Waals surface area contributed by atoms with Crippen molar-refractivity contribution < 1.29 is 9.63 Å². The van der Waals surface area contributed by atoms with Crippen LogP contribution in [-0.4, -0.2) is 52.2 Å². The minimum absolute atomic E-state index is 0.198. The molecule has 0 atom stereocenters. The van der Waals surface area contributed by atoms with E-state index < -0.39 is 5.41 Å². The van der Waals surface area contributed by atoms with E-state index in [4.69, 9.17) is 4.84 Å². The van der Waals surface area contributed by atoms with Crippen molar-refractivity contribution in [2.75, 3.05) is 31.1 Å². The van der Waals surface area contributed by atoms with Crippen molar-refractivity contribution in [3.05, 3.63) is 18.6 Å². The Morgan fingerprint density at radius 3 is 2.64 bits per heavy atom. The monoisotopic (exact) mass is 303 g/mol. The lowest BCUT2D eigenvalue weighted by Gasteiger charge is -2.35. The van der Waals surface area contributed by atoms with Crippen LogP contribution in [0.5, 0.6) is 0 Å². The van der Waals surface area contributed by atoms with Crippen molar-refractivity contribution in [1.29, 1.82) is 0 Å². The lowest BCUT2D eigenvalue weighted by Crippen LogP contribution is -2.48. The minimum Gasteiger partial charge on any atom is -0.367 e. The van der Waals surface area contributed by atoms with Gasteiger partial charge < -0.3 is 14.7 Å². The quantitative estimate of drug-likeness (QED) is 0.908. The first kappa shape index (κ1) is 14.8. The number of rotatable bonds is 2. The van der Waals surface area contributed by atoms with Gasteiger partial charge in [0.1, 0.15) is 17.8 Å². The third-order valence-corrected chi connectivity index (χ3v) is 3.70. The Morgan fingerprint density at radius 2 is 1.95 bits per heavy atom. The molecule has 0 aliphatic carbocycles. The number of carbonyl (C=O) groups excluding carboxylic acids is 1. The minimum atomic E-state index is -0.485. The van der Waals surface area contributed by atoms with Crippen LogP contribution in [0.3, 0.4) is 0 Å². The van der Waals surface area contributed by atoms with Crippen LogP contribution >= 0.6 is 0 Å². The molecule has 0 amide bonds. The lowest BCUT2D eigenvalue weighted by molar-refractivity contribution is -0.201. The van der Waals surface area contributed by atoms with Crippen LogP contribution in [-0.2, 0) is 9.63 Å². The molecule has 3 heterocycles. The summed E-state index contributed by atoms with van der Waals surface area (Å²) in [5, 5.41) is 2.75. The molecule has 7 nitrogen and oxygen atoms in total. The molecular formula is C15H21N5O2. The van der Waals surface area contributed by atoms with Gasteiger partial charge in [0, 0.05) is 19.3 Å². The maximum atomic E-state index is 11.9. The van der Waals surface area contributed by atoms with Crippen LogP contribution in [0.15, 0.2) is 18.6 Å². The predicted octanol–water partition coefficient (Wildman–Crippen LogP) is 1.58. The van der Waals surface area contributed by atoms with Gasteiger partial charge in [-0.25, -0.2) is 14.8 Å². The van der Waals surface area contributed by atoms with Gasteiger partial charge in [0.2, 0.25) is 0 Å². The first-order valence-electron chi connectivity index (χ1n) is 7.45. The van der Waals surface area contributed by atoms with Gasteiger partial charge in [-0.05, 0) is 26.8 Å². The van der Waals surface area contributed by atoms with E-state index in [9.17, 15) is 4.79 Å². The summed E-state index contributed by atoms with van der Waals surface area (Å²) >= 11 is 0. The molecule has 1 aliphatic rings. The zero-order valence-electron chi connectivity index (χ0n) is 13.2. The summed E-state index contributed by atoms with van der Waals surface area (Å²) in [7, 11) is 0. The molecule has 2 aromatic rings. The van der Waals surface area contributed by atoms with E-state index >= 15 is 0 Å². The van der Waals surface area contributed by atoms with Gasteiger partial charge in [-0.3, -0.25) is 0 Å². The highest BCUT2D eigenvalue weighted by Crippen LogP contribution is 2.23. The number of hydrogen-bond donors (Lipinski definition) is 1. The average molecular weight is 303 g/mol. The summed E-state index contributed by atoms with van der Waals surface area (Å²) in [6.07, 6.45) is 3.43. The molecule has 0 aromatic carbocycles. The topological polar surface area (TPSA) is 74.3 Å². The summed E-state index contributed by atoms with van der Waals surface area (Å²) in [4.78, 5) is 31.3. The largest absolute Gasteiger partial charge is 0.367 e. The Labute approximate surface area is 129 Å². The van der Waals surface area contributed by atoms with E-state index in [1.165, 1.54) is 0 Å². The lowest BCUT2D eigenvalue weighted by atomic mass is 9.98.